The van der Waals surface area contributed by atoms with Crippen molar-refractivity contribution in [2.75, 3.05) is 12.5 Å². The molecule has 1 aromatic carbocycles. The number of thioether (sulfide) groups is 2. The molecular formula is C10H14N2S2. The highest BCUT2D eigenvalue weighted by molar-refractivity contribution is 8.38. The minimum Gasteiger partial charge on any atom is -0.308 e. The van der Waals surface area contributed by atoms with Gasteiger partial charge in [0.25, 0.3) is 0 Å². The van der Waals surface area contributed by atoms with Crippen LogP contribution < -0.4 is 0 Å². The van der Waals surface area contributed by atoms with E-state index in [1.54, 1.807) is 0 Å². The molecule has 0 aliphatic carbocycles. The zero-order chi connectivity index (χ0) is 10.8. The molecule has 76 valence electrons. The summed E-state index contributed by atoms with van der Waals surface area (Å²) in [5.41, 5.74) is 0.951. The first-order valence-corrected chi connectivity index (χ1v) is 6.41. The first kappa shape index (κ1) is 13.3. The summed E-state index contributed by atoms with van der Waals surface area (Å²) >= 11 is 2.94. The second kappa shape index (κ2) is 8.84. The van der Waals surface area contributed by atoms with Gasteiger partial charge in [-0.1, -0.05) is 30.3 Å². The maximum Gasteiger partial charge on any atom is 0.121 e. The predicted octanol–water partition coefficient (Wildman–Crippen LogP) is 3.33. The molecule has 0 heterocycles. The predicted molar refractivity (Wildman–Crippen MR) is 69.1 cm³/mol. The van der Waals surface area contributed by atoms with Crippen molar-refractivity contribution in [3.05, 3.63) is 35.9 Å². The number of hydrogen-bond acceptors (Lipinski definition) is 4. The van der Waals surface area contributed by atoms with E-state index in [0.29, 0.717) is 4.38 Å². The molecule has 2 nitrogen and oxygen atoms in total. The molecule has 0 saturated heterocycles. The van der Waals surface area contributed by atoms with Crippen molar-refractivity contribution < 1.29 is 0 Å². The average Bonchev–Trinajstić information content (AvgIpc) is 2.30. The Bertz CT molecular complexity index is 267. The maximum absolute atomic E-state index is 6.91. The summed E-state index contributed by atoms with van der Waals surface area (Å²) in [6, 6.07) is 9.56. The van der Waals surface area contributed by atoms with E-state index in [4.69, 9.17) is 10.8 Å². The third-order valence-corrected chi connectivity index (χ3v) is 3.08. The Morgan fingerprint density at radius 3 is 1.86 bits per heavy atom. The molecule has 0 aromatic heterocycles. The van der Waals surface area contributed by atoms with Crippen LogP contribution in [0.15, 0.2) is 30.3 Å². The zero-order valence-electron chi connectivity index (χ0n) is 8.28. The molecule has 0 amide bonds. The van der Waals surface area contributed by atoms with Crippen molar-refractivity contribution in [3.8, 4) is 0 Å². The highest BCUT2D eigenvalue weighted by atomic mass is 32.2. The number of hydrogen-bond donors (Lipinski definition) is 2. The maximum atomic E-state index is 6.91. The molecule has 2 N–H and O–H groups in total. The summed E-state index contributed by atoms with van der Waals surface area (Å²) < 4.78 is 0.676. The Hall–Kier alpha value is -0.740. The van der Waals surface area contributed by atoms with Crippen molar-refractivity contribution in [3.63, 3.8) is 0 Å². The van der Waals surface area contributed by atoms with Gasteiger partial charge >= 0.3 is 0 Å². The number of rotatable bonds is 1. The van der Waals surface area contributed by atoms with Crippen molar-refractivity contribution in [1.29, 1.82) is 10.8 Å². The molecule has 0 spiro atoms. The summed E-state index contributed by atoms with van der Waals surface area (Å²) in [5.74, 6) is 0. The lowest BCUT2D eigenvalue weighted by molar-refractivity contribution is 1.54. The van der Waals surface area contributed by atoms with Crippen LogP contribution in [-0.2, 0) is 0 Å². The lowest BCUT2D eigenvalue weighted by Crippen LogP contribution is -1.73. The van der Waals surface area contributed by atoms with Crippen LogP contribution in [-0.4, -0.2) is 23.1 Å². The van der Waals surface area contributed by atoms with E-state index in [-0.39, 0.29) is 0 Å². The molecule has 0 aliphatic heterocycles. The standard InChI is InChI=1S/C7H7N.C3H7NS2/c8-6-7-4-2-1-3-5-7;1-5-3(4)6-2/h1-6,8H;4H,1-2H3. The van der Waals surface area contributed by atoms with Crippen LogP contribution in [0, 0.1) is 10.8 Å². The molecule has 0 fully saturated rings. The van der Waals surface area contributed by atoms with Gasteiger partial charge in [0.15, 0.2) is 0 Å². The van der Waals surface area contributed by atoms with Gasteiger partial charge in [-0.15, -0.1) is 23.5 Å². The molecule has 0 radical (unpaired) electrons. The minimum atomic E-state index is 0.676. The average molecular weight is 226 g/mol. The van der Waals surface area contributed by atoms with Crippen molar-refractivity contribution >= 4 is 34.1 Å². The van der Waals surface area contributed by atoms with Gasteiger partial charge in [-0.2, -0.15) is 0 Å². The van der Waals surface area contributed by atoms with Gasteiger partial charge in [-0.3, -0.25) is 5.41 Å². The van der Waals surface area contributed by atoms with Gasteiger partial charge in [0.1, 0.15) is 4.38 Å². The fourth-order valence-corrected chi connectivity index (χ4v) is 1.30. The van der Waals surface area contributed by atoms with Crippen LogP contribution in [0.25, 0.3) is 0 Å². The Kier molecular flexibility index (Phi) is 8.37. The fourth-order valence-electron chi connectivity index (χ4n) is 0.633. The van der Waals surface area contributed by atoms with Crippen LogP contribution in [0.1, 0.15) is 5.56 Å². The SMILES string of the molecule is CSC(=N)SC.N=Cc1ccccc1. The van der Waals surface area contributed by atoms with E-state index in [1.165, 1.54) is 29.7 Å². The number of nitrogens with one attached hydrogen (secondary N) is 2. The largest absolute Gasteiger partial charge is 0.308 e. The molecule has 0 bridgehead atoms. The minimum absolute atomic E-state index is 0.676. The van der Waals surface area contributed by atoms with E-state index < -0.39 is 0 Å². The molecule has 1 rings (SSSR count). The summed E-state index contributed by atoms with van der Waals surface area (Å²) in [5, 5.41) is 13.7. The van der Waals surface area contributed by atoms with E-state index in [9.17, 15) is 0 Å². The molecule has 0 atom stereocenters. The van der Waals surface area contributed by atoms with Crippen LogP contribution >= 0.6 is 23.5 Å². The summed E-state index contributed by atoms with van der Waals surface area (Å²) in [4.78, 5) is 0. The third kappa shape index (κ3) is 6.74. The Morgan fingerprint density at radius 1 is 1.14 bits per heavy atom. The molecule has 0 aliphatic rings. The first-order chi connectivity index (χ1) is 6.74. The van der Waals surface area contributed by atoms with Crippen molar-refractivity contribution in [2.45, 2.75) is 0 Å². The summed E-state index contributed by atoms with van der Waals surface area (Å²) in [6.45, 7) is 0. The molecule has 4 heteroatoms. The van der Waals surface area contributed by atoms with E-state index in [0.717, 1.165) is 5.56 Å². The second-order valence-electron chi connectivity index (χ2n) is 2.25. The van der Waals surface area contributed by atoms with Crippen LogP contribution in [0.4, 0.5) is 0 Å². The second-order valence-corrected chi connectivity index (χ2v) is 4.14. The highest BCUT2D eigenvalue weighted by Crippen LogP contribution is 2.06. The lowest BCUT2D eigenvalue weighted by Gasteiger charge is -1.85. The molecule has 14 heavy (non-hydrogen) atoms. The molecular weight excluding hydrogens is 212 g/mol. The Morgan fingerprint density at radius 2 is 1.64 bits per heavy atom. The first-order valence-electron chi connectivity index (χ1n) is 3.96. The Labute approximate surface area is 93.5 Å². The van der Waals surface area contributed by atoms with Gasteiger partial charge in [0, 0.05) is 6.21 Å². The summed E-state index contributed by atoms with van der Waals surface area (Å²) in [6.07, 6.45) is 5.14. The normalized spacial score (nSPS) is 8.43. The third-order valence-electron chi connectivity index (χ3n) is 1.34. The van der Waals surface area contributed by atoms with Crippen LogP contribution in [0.5, 0.6) is 0 Å². The molecule has 0 saturated carbocycles. The molecule has 0 unspecified atom stereocenters. The lowest BCUT2D eigenvalue weighted by atomic mass is 10.2. The van der Waals surface area contributed by atoms with Gasteiger partial charge in [0.05, 0.1) is 0 Å². The van der Waals surface area contributed by atoms with E-state index in [1.807, 2.05) is 42.8 Å². The monoisotopic (exact) mass is 226 g/mol. The highest BCUT2D eigenvalue weighted by Gasteiger charge is 1.82. The van der Waals surface area contributed by atoms with Gasteiger partial charge in [0.2, 0.25) is 0 Å². The van der Waals surface area contributed by atoms with Gasteiger partial charge in [-0.25, -0.2) is 0 Å². The molecule has 1 aromatic rings. The van der Waals surface area contributed by atoms with Crippen LogP contribution in [0.2, 0.25) is 0 Å². The smallest absolute Gasteiger partial charge is 0.121 e. The fraction of sp³-hybridized carbons (Fsp3) is 0.200. The number of benzene rings is 1. The Balaban J connectivity index is 0.000000255. The summed E-state index contributed by atoms with van der Waals surface area (Å²) in [7, 11) is 0. The van der Waals surface area contributed by atoms with Crippen molar-refractivity contribution in [2.24, 2.45) is 0 Å². The van der Waals surface area contributed by atoms with Gasteiger partial charge in [-0.05, 0) is 18.1 Å². The zero-order valence-corrected chi connectivity index (χ0v) is 9.91. The quantitative estimate of drug-likeness (QED) is 0.570. The topological polar surface area (TPSA) is 47.7 Å². The van der Waals surface area contributed by atoms with Crippen LogP contribution in [0.3, 0.4) is 0 Å². The van der Waals surface area contributed by atoms with Gasteiger partial charge < -0.3 is 5.41 Å². The van der Waals surface area contributed by atoms with Crippen molar-refractivity contribution in [1.82, 2.24) is 0 Å². The van der Waals surface area contributed by atoms with E-state index in [2.05, 4.69) is 0 Å². The van der Waals surface area contributed by atoms with E-state index >= 15 is 0 Å².